The zero-order valence-corrected chi connectivity index (χ0v) is 11.4. The van der Waals surface area contributed by atoms with Gasteiger partial charge < -0.3 is 5.32 Å². The molecule has 0 saturated heterocycles. The van der Waals surface area contributed by atoms with Crippen molar-refractivity contribution in [2.75, 3.05) is 5.32 Å². The van der Waals surface area contributed by atoms with E-state index in [-0.39, 0.29) is 21.6 Å². The summed E-state index contributed by atoms with van der Waals surface area (Å²) in [5.74, 6) is -0.440. The highest BCUT2D eigenvalue weighted by molar-refractivity contribution is 6.34. The van der Waals surface area contributed by atoms with Gasteiger partial charge in [-0.25, -0.2) is 4.98 Å². The minimum Gasteiger partial charge on any atom is -0.321 e. The first-order valence-corrected chi connectivity index (χ1v) is 6.10. The lowest BCUT2D eigenvalue weighted by atomic mass is 10.2. The van der Waals surface area contributed by atoms with E-state index in [1.54, 1.807) is 0 Å². The molecule has 1 aromatic carbocycles. The van der Waals surface area contributed by atoms with Crippen LogP contribution in [0, 0.1) is 10.1 Å². The number of halogens is 2. The third kappa shape index (κ3) is 3.23. The summed E-state index contributed by atoms with van der Waals surface area (Å²) in [5, 5.41) is 13.4. The summed E-state index contributed by atoms with van der Waals surface area (Å²) in [6.45, 7) is 0. The molecule has 0 aliphatic heterocycles. The minimum absolute atomic E-state index is 0.0766. The Kier molecular flexibility index (Phi) is 4.16. The predicted molar refractivity (Wildman–Crippen MR) is 75.3 cm³/mol. The van der Waals surface area contributed by atoms with Gasteiger partial charge in [0, 0.05) is 23.9 Å². The normalized spacial score (nSPS) is 10.1. The largest absolute Gasteiger partial charge is 0.321 e. The smallest absolute Gasteiger partial charge is 0.271 e. The number of pyridine rings is 1. The van der Waals surface area contributed by atoms with Gasteiger partial charge in [-0.3, -0.25) is 14.9 Å². The first kappa shape index (κ1) is 14.2. The van der Waals surface area contributed by atoms with Gasteiger partial charge >= 0.3 is 0 Å². The Bertz CT molecular complexity index is 691. The van der Waals surface area contributed by atoms with Gasteiger partial charge in [0.05, 0.1) is 15.6 Å². The van der Waals surface area contributed by atoms with Gasteiger partial charge in [-0.1, -0.05) is 23.2 Å². The molecule has 8 heteroatoms. The summed E-state index contributed by atoms with van der Waals surface area (Å²) in [6, 6.07) is 6.66. The van der Waals surface area contributed by atoms with Crippen LogP contribution in [-0.2, 0) is 0 Å². The molecule has 0 saturated carbocycles. The van der Waals surface area contributed by atoms with Crippen LogP contribution in [-0.4, -0.2) is 15.8 Å². The first-order chi connectivity index (χ1) is 9.47. The van der Waals surface area contributed by atoms with Crippen molar-refractivity contribution in [1.82, 2.24) is 4.98 Å². The van der Waals surface area contributed by atoms with Crippen LogP contribution in [0.25, 0.3) is 0 Å². The standard InChI is InChI=1S/C12H7Cl2N3O3/c13-9-6-8(17(19)20)1-2-10(9)16-12(18)7-3-4-15-11(14)5-7/h1-6H,(H,16,18). The Morgan fingerprint density at radius 2 is 2.00 bits per heavy atom. The van der Waals surface area contributed by atoms with E-state index in [0.29, 0.717) is 5.56 Å². The monoisotopic (exact) mass is 311 g/mol. The molecular weight excluding hydrogens is 305 g/mol. The lowest BCUT2D eigenvalue weighted by Gasteiger charge is -2.07. The van der Waals surface area contributed by atoms with Crippen LogP contribution in [0.2, 0.25) is 10.2 Å². The number of nitrogens with one attached hydrogen (secondary N) is 1. The molecule has 1 N–H and O–H groups in total. The molecule has 1 amide bonds. The molecule has 0 unspecified atom stereocenters. The minimum atomic E-state index is -0.569. The molecule has 102 valence electrons. The highest BCUT2D eigenvalue weighted by Crippen LogP contribution is 2.27. The summed E-state index contributed by atoms with van der Waals surface area (Å²) in [6.07, 6.45) is 1.40. The molecule has 1 aromatic heterocycles. The number of hydrogen-bond acceptors (Lipinski definition) is 4. The molecule has 2 rings (SSSR count). The lowest BCUT2D eigenvalue weighted by Crippen LogP contribution is -2.12. The summed E-state index contributed by atoms with van der Waals surface area (Å²) >= 11 is 11.6. The van der Waals surface area contributed by atoms with Crippen LogP contribution < -0.4 is 5.32 Å². The lowest BCUT2D eigenvalue weighted by molar-refractivity contribution is -0.384. The van der Waals surface area contributed by atoms with Crippen LogP contribution in [0.15, 0.2) is 36.5 Å². The molecule has 1 heterocycles. The number of anilines is 1. The Hall–Kier alpha value is -2.18. The molecular formula is C12H7Cl2N3O3. The number of nitro benzene ring substituents is 1. The summed E-state index contributed by atoms with van der Waals surface area (Å²) in [7, 11) is 0. The van der Waals surface area contributed by atoms with Crippen molar-refractivity contribution < 1.29 is 9.72 Å². The molecule has 20 heavy (non-hydrogen) atoms. The van der Waals surface area contributed by atoms with Gasteiger partial charge in [0.15, 0.2) is 0 Å². The number of nitrogens with zero attached hydrogens (tertiary/aromatic N) is 2. The molecule has 0 aliphatic rings. The molecule has 0 radical (unpaired) electrons. The quantitative estimate of drug-likeness (QED) is 0.533. The Morgan fingerprint density at radius 3 is 2.60 bits per heavy atom. The number of rotatable bonds is 3. The SMILES string of the molecule is O=C(Nc1ccc([N+](=O)[O-])cc1Cl)c1ccnc(Cl)c1. The van der Waals surface area contributed by atoms with Gasteiger partial charge in [0.2, 0.25) is 0 Å². The maximum absolute atomic E-state index is 11.9. The fourth-order valence-corrected chi connectivity index (χ4v) is 1.85. The van der Waals surface area contributed by atoms with E-state index < -0.39 is 10.8 Å². The number of amides is 1. The van der Waals surface area contributed by atoms with E-state index >= 15 is 0 Å². The Balaban J connectivity index is 2.22. The van der Waals surface area contributed by atoms with Gasteiger partial charge in [-0.05, 0) is 18.2 Å². The summed E-state index contributed by atoms with van der Waals surface area (Å²) in [5.41, 5.74) is 0.426. The van der Waals surface area contributed by atoms with E-state index in [2.05, 4.69) is 10.3 Å². The van der Waals surface area contributed by atoms with Crippen LogP contribution >= 0.6 is 23.2 Å². The average Bonchev–Trinajstić information content (AvgIpc) is 2.40. The Labute approximate surface area is 123 Å². The van der Waals surface area contributed by atoms with Crippen LogP contribution in [0.4, 0.5) is 11.4 Å². The van der Waals surface area contributed by atoms with E-state index in [1.807, 2.05) is 0 Å². The average molecular weight is 312 g/mol. The Morgan fingerprint density at radius 1 is 1.25 bits per heavy atom. The summed E-state index contributed by atoms with van der Waals surface area (Å²) < 4.78 is 0. The highest BCUT2D eigenvalue weighted by Gasteiger charge is 2.12. The maximum atomic E-state index is 11.9. The van der Waals surface area contributed by atoms with Crippen molar-refractivity contribution in [2.45, 2.75) is 0 Å². The van der Waals surface area contributed by atoms with Gasteiger partial charge in [-0.2, -0.15) is 0 Å². The second kappa shape index (κ2) is 5.85. The van der Waals surface area contributed by atoms with Gasteiger partial charge in [0.1, 0.15) is 5.15 Å². The van der Waals surface area contributed by atoms with Crippen LogP contribution in [0.1, 0.15) is 10.4 Å². The number of carbonyl (C=O) groups is 1. The van der Waals surface area contributed by atoms with E-state index in [9.17, 15) is 14.9 Å². The molecule has 2 aromatic rings. The molecule has 0 spiro atoms. The fourth-order valence-electron chi connectivity index (χ4n) is 1.46. The van der Waals surface area contributed by atoms with Crippen molar-refractivity contribution >= 4 is 40.5 Å². The fraction of sp³-hybridized carbons (Fsp3) is 0. The third-order valence-corrected chi connectivity index (χ3v) is 2.92. The van der Waals surface area contributed by atoms with Crippen molar-refractivity contribution in [3.05, 3.63) is 62.4 Å². The van der Waals surface area contributed by atoms with Crippen molar-refractivity contribution in [1.29, 1.82) is 0 Å². The molecule has 0 aliphatic carbocycles. The zero-order chi connectivity index (χ0) is 14.7. The second-order valence-electron chi connectivity index (χ2n) is 3.74. The second-order valence-corrected chi connectivity index (χ2v) is 4.54. The summed E-state index contributed by atoms with van der Waals surface area (Å²) in [4.78, 5) is 25.7. The number of non-ortho nitro benzene ring substituents is 1. The van der Waals surface area contributed by atoms with E-state index in [4.69, 9.17) is 23.2 Å². The number of nitro groups is 1. The number of carbonyl (C=O) groups excluding carboxylic acids is 1. The number of hydrogen-bond donors (Lipinski definition) is 1. The zero-order valence-electron chi connectivity index (χ0n) is 9.84. The van der Waals surface area contributed by atoms with Crippen molar-refractivity contribution in [3.8, 4) is 0 Å². The van der Waals surface area contributed by atoms with Crippen LogP contribution in [0.3, 0.4) is 0 Å². The predicted octanol–water partition coefficient (Wildman–Crippen LogP) is 3.55. The number of benzene rings is 1. The van der Waals surface area contributed by atoms with Crippen molar-refractivity contribution in [2.24, 2.45) is 0 Å². The molecule has 6 nitrogen and oxygen atoms in total. The van der Waals surface area contributed by atoms with E-state index in [0.717, 1.165) is 6.07 Å². The first-order valence-electron chi connectivity index (χ1n) is 5.34. The van der Waals surface area contributed by atoms with Crippen LogP contribution in [0.5, 0.6) is 0 Å². The molecule has 0 atom stereocenters. The number of aromatic nitrogens is 1. The molecule has 0 bridgehead atoms. The topological polar surface area (TPSA) is 85.1 Å². The maximum Gasteiger partial charge on any atom is 0.271 e. The van der Waals surface area contributed by atoms with E-state index in [1.165, 1.54) is 30.5 Å². The van der Waals surface area contributed by atoms with Gasteiger partial charge in [-0.15, -0.1) is 0 Å². The highest BCUT2D eigenvalue weighted by atomic mass is 35.5. The van der Waals surface area contributed by atoms with Gasteiger partial charge in [0.25, 0.3) is 11.6 Å². The molecule has 0 fully saturated rings. The third-order valence-electron chi connectivity index (χ3n) is 2.40. The van der Waals surface area contributed by atoms with Crippen molar-refractivity contribution in [3.63, 3.8) is 0 Å².